The minimum absolute atomic E-state index is 0.183. The maximum Gasteiger partial charge on any atom is 0.298 e. The average Bonchev–Trinajstić information content (AvgIpc) is 3.22. The summed E-state index contributed by atoms with van der Waals surface area (Å²) in [5, 5.41) is 0. The lowest BCUT2D eigenvalue weighted by molar-refractivity contribution is -0.845. The lowest BCUT2D eigenvalue weighted by atomic mass is 9.71. The third-order valence-electron chi connectivity index (χ3n) is 7.04. The highest BCUT2D eigenvalue weighted by Gasteiger charge is 2.55. The van der Waals surface area contributed by atoms with Crippen LogP contribution in [0.1, 0.15) is 12.8 Å². The zero-order valence-electron chi connectivity index (χ0n) is 16.1. The predicted octanol–water partition coefficient (Wildman–Crippen LogP) is 3.17. The first-order valence-electron chi connectivity index (χ1n) is 10.1. The summed E-state index contributed by atoms with van der Waals surface area (Å²) in [6.07, 6.45) is 2.30. The first-order chi connectivity index (χ1) is 13.6. The number of nitrogens with zero attached hydrogens (tertiary/aromatic N) is 3. The van der Waals surface area contributed by atoms with E-state index in [0.29, 0.717) is 10.3 Å². The van der Waals surface area contributed by atoms with Gasteiger partial charge in [-0.05, 0) is 36.6 Å². The van der Waals surface area contributed by atoms with Crippen molar-refractivity contribution in [2.45, 2.75) is 25.0 Å². The van der Waals surface area contributed by atoms with E-state index in [-0.39, 0.29) is 5.60 Å². The number of para-hydroxylation sites is 1. The Morgan fingerprint density at radius 1 is 1.18 bits per heavy atom. The van der Waals surface area contributed by atoms with Gasteiger partial charge >= 0.3 is 0 Å². The molecule has 7 rings (SSSR count). The van der Waals surface area contributed by atoms with Crippen LogP contribution in [0, 0.1) is 5.92 Å². The van der Waals surface area contributed by atoms with E-state index in [1.54, 1.807) is 7.11 Å². The molecule has 2 aromatic carbocycles. The van der Waals surface area contributed by atoms with Crippen LogP contribution in [0.5, 0.6) is 11.8 Å². The molecule has 3 saturated heterocycles. The zero-order chi connectivity index (χ0) is 18.9. The van der Waals surface area contributed by atoms with Crippen molar-refractivity contribution in [3.05, 3.63) is 42.5 Å². The molecule has 1 atom stereocenters. The highest BCUT2D eigenvalue weighted by molar-refractivity contribution is 5.97. The van der Waals surface area contributed by atoms with Crippen molar-refractivity contribution in [3.8, 4) is 22.9 Å². The van der Waals surface area contributed by atoms with Gasteiger partial charge in [-0.2, -0.15) is 4.98 Å². The molecule has 28 heavy (non-hydrogen) atoms. The molecule has 0 amide bonds. The Labute approximate surface area is 165 Å². The predicted molar refractivity (Wildman–Crippen MR) is 108 cm³/mol. The van der Waals surface area contributed by atoms with Gasteiger partial charge in [-0.3, -0.25) is 4.57 Å². The summed E-state index contributed by atoms with van der Waals surface area (Å²) < 4.78 is 14.8. The van der Waals surface area contributed by atoms with E-state index in [1.165, 1.54) is 0 Å². The van der Waals surface area contributed by atoms with Crippen molar-refractivity contribution >= 4 is 19.0 Å². The molecule has 3 aromatic rings. The van der Waals surface area contributed by atoms with Crippen molar-refractivity contribution in [2.75, 3.05) is 26.7 Å². The minimum atomic E-state index is -0.183. The number of fused-ring (bicyclic) bond motifs is 5. The van der Waals surface area contributed by atoms with Crippen LogP contribution in [0.25, 0.3) is 22.2 Å². The summed E-state index contributed by atoms with van der Waals surface area (Å²) in [4.78, 5) is 4.93. The zero-order valence-corrected chi connectivity index (χ0v) is 16.1. The van der Waals surface area contributed by atoms with Crippen molar-refractivity contribution in [2.24, 2.45) is 5.92 Å². The topological polar surface area (TPSA) is 36.3 Å². The molecule has 4 aliphatic heterocycles. The van der Waals surface area contributed by atoms with Gasteiger partial charge in [0.25, 0.3) is 6.01 Å². The van der Waals surface area contributed by atoms with Crippen LogP contribution in [-0.4, -0.2) is 54.3 Å². The van der Waals surface area contributed by atoms with E-state index in [4.69, 9.17) is 22.4 Å². The fourth-order valence-electron chi connectivity index (χ4n) is 5.56. The number of ether oxygens (including phenoxy) is 2. The van der Waals surface area contributed by atoms with Gasteiger partial charge in [0.05, 0.1) is 25.7 Å². The molecule has 3 fully saturated rings. The number of benzene rings is 2. The maximum absolute atomic E-state index is 6.61. The van der Waals surface area contributed by atoms with Crippen LogP contribution in [0.4, 0.5) is 0 Å². The molecule has 5 heterocycles. The molecule has 141 valence electrons. The second-order valence-electron chi connectivity index (χ2n) is 8.65. The molecule has 1 unspecified atom stereocenters. The van der Waals surface area contributed by atoms with Crippen molar-refractivity contribution in [3.63, 3.8) is 0 Å². The molecule has 3 radical (unpaired) electrons. The molecule has 5 nitrogen and oxygen atoms in total. The first-order valence-corrected chi connectivity index (χ1v) is 10.1. The number of aromatic nitrogens is 2. The number of piperidine rings is 3. The Morgan fingerprint density at radius 3 is 2.68 bits per heavy atom. The van der Waals surface area contributed by atoms with Gasteiger partial charge in [-0.1, -0.05) is 24.3 Å². The van der Waals surface area contributed by atoms with Gasteiger partial charge in [0.15, 0.2) is 5.60 Å². The van der Waals surface area contributed by atoms with Crippen LogP contribution in [0.15, 0.2) is 42.5 Å². The molecule has 4 aliphatic rings. The molecule has 1 spiro atoms. The summed E-state index contributed by atoms with van der Waals surface area (Å²) >= 11 is 0. The average molecular weight is 372 g/mol. The summed E-state index contributed by atoms with van der Waals surface area (Å²) in [5.41, 5.74) is 4.21. The number of hydrogen-bond donors (Lipinski definition) is 0. The van der Waals surface area contributed by atoms with E-state index in [2.05, 4.69) is 34.9 Å². The summed E-state index contributed by atoms with van der Waals surface area (Å²) in [6, 6.07) is 15.3. The second kappa shape index (κ2) is 5.54. The Hall–Kier alpha value is -2.47. The summed E-state index contributed by atoms with van der Waals surface area (Å²) in [7, 11) is 8.29. The Morgan fingerprint density at radius 2 is 1.96 bits per heavy atom. The molecular formula is C22H23BN3O2. The van der Waals surface area contributed by atoms with Crippen LogP contribution in [-0.2, 0) is 6.54 Å². The van der Waals surface area contributed by atoms with Crippen molar-refractivity contribution < 1.29 is 13.9 Å². The Bertz CT molecular complexity index is 1070. The molecule has 1 aromatic heterocycles. The summed E-state index contributed by atoms with van der Waals surface area (Å²) in [5.74, 6) is 1.44. The molecule has 0 N–H and O–H groups in total. The monoisotopic (exact) mass is 372 g/mol. The van der Waals surface area contributed by atoms with Gasteiger partial charge in [0.1, 0.15) is 11.3 Å². The Kier molecular flexibility index (Phi) is 3.26. The van der Waals surface area contributed by atoms with Crippen molar-refractivity contribution in [1.29, 1.82) is 0 Å². The lowest BCUT2D eigenvalue weighted by Gasteiger charge is -2.64. The van der Waals surface area contributed by atoms with Crippen LogP contribution in [0.3, 0.4) is 0 Å². The van der Waals surface area contributed by atoms with Gasteiger partial charge < -0.3 is 13.9 Å². The van der Waals surface area contributed by atoms with Crippen molar-refractivity contribution in [1.82, 2.24) is 9.55 Å². The smallest absolute Gasteiger partial charge is 0.298 e. The number of imidazole rings is 1. The number of rotatable bonds is 2. The molecule has 0 aliphatic carbocycles. The quantitative estimate of drug-likeness (QED) is 0.649. The number of quaternary nitrogens is 1. The summed E-state index contributed by atoms with van der Waals surface area (Å²) in [6.45, 7) is 3.88. The largest absolute Gasteiger partial charge is 0.585 e. The Balaban J connectivity index is 1.41. The highest BCUT2D eigenvalue weighted by Crippen LogP contribution is 2.47. The van der Waals surface area contributed by atoms with Gasteiger partial charge in [-0.15, -0.1) is 0 Å². The fourth-order valence-corrected chi connectivity index (χ4v) is 5.56. The molecule has 6 heteroatoms. The molecule has 2 bridgehead atoms. The molecular weight excluding hydrogens is 349 g/mol. The third kappa shape index (κ3) is 2.21. The van der Waals surface area contributed by atoms with E-state index >= 15 is 0 Å². The van der Waals surface area contributed by atoms with Crippen LogP contribution in [0.2, 0.25) is 0 Å². The van der Waals surface area contributed by atoms with E-state index < -0.39 is 0 Å². The van der Waals surface area contributed by atoms with Gasteiger partial charge in [-0.25, -0.2) is 7.98 Å². The molecule has 0 saturated carbocycles. The van der Waals surface area contributed by atoms with E-state index in [0.717, 1.165) is 72.9 Å². The van der Waals surface area contributed by atoms with Crippen LogP contribution < -0.4 is 9.47 Å². The third-order valence-corrected chi connectivity index (χ3v) is 7.04. The van der Waals surface area contributed by atoms with E-state index in [1.807, 2.05) is 12.1 Å². The number of hydrogen-bond acceptors (Lipinski definition) is 3. The van der Waals surface area contributed by atoms with Gasteiger partial charge in [0, 0.05) is 24.6 Å². The lowest BCUT2D eigenvalue weighted by Crippen LogP contribution is -2.69. The maximum atomic E-state index is 6.61. The van der Waals surface area contributed by atoms with Gasteiger partial charge in [0.2, 0.25) is 0 Å². The SMILES string of the molecule is [B-][N+]12CCC(CC1)C1(Cn3c(nc4c(-c5ccc(OC)cc5)cccc43)O1)C2. The standard InChI is InChI=1S/C22H23BN3O2/c1-27-17-7-5-15(6-8-17)18-3-2-4-19-20(18)24-21-25(19)13-22(28-21)14-26(23)11-9-16(22)10-12-26/h2-8,16H,9-14H2,1H3. The fraction of sp³-hybridized carbons (Fsp3) is 0.409. The first kappa shape index (κ1) is 16.5. The van der Waals surface area contributed by atoms with Crippen LogP contribution >= 0.6 is 0 Å². The minimum Gasteiger partial charge on any atom is -0.585 e. The normalized spacial score (nSPS) is 30.6. The highest BCUT2D eigenvalue weighted by atomic mass is 16.5. The number of methoxy groups -OCH3 is 1. The van der Waals surface area contributed by atoms with E-state index in [9.17, 15) is 0 Å². The second-order valence-corrected chi connectivity index (χ2v) is 8.65.